The first-order valence-corrected chi connectivity index (χ1v) is 7.35. The number of nitrogen functional groups attached to an aromatic ring is 1. The van der Waals surface area contributed by atoms with E-state index in [1.165, 1.54) is 11.3 Å². The normalized spacial score (nSPS) is 10.4. The van der Waals surface area contributed by atoms with Crippen LogP contribution in [-0.4, -0.2) is 24.5 Å². The van der Waals surface area contributed by atoms with Crippen LogP contribution < -0.4 is 16.4 Å². The molecule has 2 rings (SSSR count). The Balaban J connectivity index is 2.18. The SMILES string of the molecule is CCNc1nc(N)c(C(=O)Nc2ccccc2COC)s1. The molecule has 0 aliphatic rings. The fourth-order valence-electron chi connectivity index (χ4n) is 1.82. The zero-order valence-corrected chi connectivity index (χ0v) is 12.8. The molecule has 0 spiro atoms. The summed E-state index contributed by atoms with van der Waals surface area (Å²) in [6, 6.07) is 7.48. The van der Waals surface area contributed by atoms with Crippen molar-refractivity contribution in [1.82, 2.24) is 4.98 Å². The third kappa shape index (κ3) is 3.71. The number of ether oxygens (including phenoxy) is 1. The number of hydrogen-bond acceptors (Lipinski definition) is 6. The number of thiazole rings is 1. The lowest BCUT2D eigenvalue weighted by Gasteiger charge is -2.09. The molecule has 1 aromatic heterocycles. The predicted molar refractivity (Wildman–Crippen MR) is 85.8 cm³/mol. The van der Waals surface area contributed by atoms with Crippen molar-refractivity contribution in [2.75, 3.05) is 30.0 Å². The summed E-state index contributed by atoms with van der Waals surface area (Å²) in [7, 11) is 1.61. The van der Waals surface area contributed by atoms with Gasteiger partial charge in [-0.15, -0.1) is 0 Å². The number of methoxy groups -OCH3 is 1. The number of para-hydroxylation sites is 1. The van der Waals surface area contributed by atoms with Gasteiger partial charge in [-0.1, -0.05) is 29.5 Å². The largest absolute Gasteiger partial charge is 0.382 e. The molecule has 1 amide bonds. The Kier molecular flexibility index (Phi) is 5.13. The van der Waals surface area contributed by atoms with Crippen LogP contribution in [0.1, 0.15) is 22.2 Å². The van der Waals surface area contributed by atoms with Gasteiger partial charge in [-0.3, -0.25) is 4.79 Å². The van der Waals surface area contributed by atoms with E-state index in [1.807, 2.05) is 31.2 Å². The van der Waals surface area contributed by atoms with Crippen LogP contribution in [0, 0.1) is 0 Å². The predicted octanol–water partition coefficient (Wildman–Crippen LogP) is 2.56. The van der Waals surface area contributed by atoms with Crippen molar-refractivity contribution in [3.8, 4) is 0 Å². The number of nitrogens with zero attached hydrogens (tertiary/aromatic N) is 1. The molecule has 0 bridgehead atoms. The maximum absolute atomic E-state index is 12.3. The van der Waals surface area contributed by atoms with E-state index >= 15 is 0 Å². The molecule has 0 saturated heterocycles. The lowest BCUT2D eigenvalue weighted by Crippen LogP contribution is -2.13. The van der Waals surface area contributed by atoms with Crippen molar-refractivity contribution in [3.05, 3.63) is 34.7 Å². The minimum atomic E-state index is -0.266. The smallest absolute Gasteiger partial charge is 0.269 e. The van der Waals surface area contributed by atoms with E-state index in [2.05, 4.69) is 15.6 Å². The van der Waals surface area contributed by atoms with Crippen LogP contribution in [-0.2, 0) is 11.3 Å². The van der Waals surface area contributed by atoms with Gasteiger partial charge in [0.1, 0.15) is 10.7 Å². The van der Waals surface area contributed by atoms with Crippen LogP contribution in [0.5, 0.6) is 0 Å². The maximum atomic E-state index is 12.3. The van der Waals surface area contributed by atoms with Gasteiger partial charge in [0, 0.05) is 24.9 Å². The van der Waals surface area contributed by atoms with E-state index in [9.17, 15) is 4.79 Å². The summed E-state index contributed by atoms with van der Waals surface area (Å²) >= 11 is 1.24. The quantitative estimate of drug-likeness (QED) is 0.763. The van der Waals surface area contributed by atoms with Gasteiger partial charge in [0.2, 0.25) is 0 Å². The molecule has 0 aliphatic heterocycles. The summed E-state index contributed by atoms with van der Waals surface area (Å²) in [5, 5.41) is 6.54. The molecule has 21 heavy (non-hydrogen) atoms. The zero-order chi connectivity index (χ0) is 15.2. The highest BCUT2D eigenvalue weighted by Crippen LogP contribution is 2.26. The summed E-state index contributed by atoms with van der Waals surface area (Å²) in [5.74, 6) is -0.0321. The highest BCUT2D eigenvalue weighted by Gasteiger charge is 2.17. The third-order valence-corrected chi connectivity index (χ3v) is 3.78. The number of anilines is 3. The molecule has 0 atom stereocenters. The molecule has 0 saturated carbocycles. The molecular formula is C14H18N4O2S. The van der Waals surface area contributed by atoms with E-state index in [-0.39, 0.29) is 11.7 Å². The molecule has 7 heteroatoms. The number of amides is 1. The van der Waals surface area contributed by atoms with Crippen molar-refractivity contribution < 1.29 is 9.53 Å². The number of benzene rings is 1. The van der Waals surface area contributed by atoms with Crippen molar-refractivity contribution in [2.24, 2.45) is 0 Å². The summed E-state index contributed by atoms with van der Waals surface area (Å²) in [4.78, 5) is 16.8. The average Bonchev–Trinajstić information content (AvgIpc) is 2.83. The average molecular weight is 306 g/mol. The molecule has 6 nitrogen and oxygen atoms in total. The number of hydrogen-bond donors (Lipinski definition) is 3. The number of aromatic nitrogens is 1. The van der Waals surface area contributed by atoms with Crippen LogP contribution in [0.4, 0.5) is 16.6 Å². The van der Waals surface area contributed by atoms with Crippen LogP contribution in [0.25, 0.3) is 0 Å². The molecule has 2 aromatic rings. The highest BCUT2D eigenvalue weighted by molar-refractivity contribution is 7.18. The van der Waals surface area contributed by atoms with E-state index < -0.39 is 0 Å². The van der Waals surface area contributed by atoms with Crippen LogP contribution in [0.3, 0.4) is 0 Å². The molecule has 1 aromatic carbocycles. The molecule has 0 fully saturated rings. The maximum Gasteiger partial charge on any atom is 0.269 e. The second kappa shape index (κ2) is 7.05. The number of nitrogens with two attached hydrogens (primary N) is 1. The minimum Gasteiger partial charge on any atom is -0.382 e. The van der Waals surface area contributed by atoms with Crippen LogP contribution in [0.15, 0.2) is 24.3 Å². The summed E-state index contributed by atoms with van der Waals surface area (Å²) < 4.78 is 5.12. The summed E-state index contributed by atoms with van der Waals surface area (Å²) in [6.07, 6.45) is 0. The van der Waals surface area contributed by atoms with Gasteiger partial charge in [0.05, 0.1) is 6.61 Å². The van der Waals surface area contributed by atoms with Crippen molar-refractivity contribution in [2.45, 2.75) is 13.5 Å². The summed E-state index contributed by atoms with van der Waals surface area (Å²) in [5.41, 5.74) is 7.41. The van der Waals surface area contributed by atoms with Crippen molar-refractivity contribution in [1.29, 1.82) is 0 Å². The Bertz CT molecular complexity index is 627. The van der Waals surface area contributed by atoms with Crippen molar-refractivity contribution in [3.63, 3.8) is 0 Å². The number of rotatable bonds is 6. The van der Waals surface area contributed by atoms with E-state index in [0.717, 1.165) is 12.1 Å². The van der Waals surface area contributed by atoms with Gasteiger partial charge >= 0.3 is 0 Å². The monoisotopic (exact) mass is 306 g/mol. The first-order valence-electron chi connectivity index (χ1n) is 6.54. The van der Waals surface area contributed by atoms with Crippen LogP contribution in [0.2, 0.25) is 0 Å². The lowest BCUT2D eigenvalue weighted by molar-refractivity contribution is 0.103. The molecule has 0 aliphatic carbocycles. The highest BCUT2D eigenvalue weighted by atomic mass is 32.1. The zero-order valence-electron chi connectivity index (χ0n) is 12.0. The molecular weight excluding hydrogens is 288 g/mol. The Labute approximate surface area is 127 Å². The first kappa shape index (κ1) is 15.3. The fraction of sp³-hybridized carbons (Fsp3) is 0.286. The van der Waals surface area contributed by atoms with E-state index in [1.54, 1.807) is 7.11 Å². The van der Waals surface area contributed by atoms with E-state index in [0.29, 0.717) is 22.3 Å². The van der Waals surface area contributed by atoms with Gasteiger partial charge in [0.25, 0.3) is 5.91 Å². The second-order valence-corrected chi connectivity index (χ2v) is 5.31. The third-order valence-electron chi connectivity index (χ3n) is 2.75. The van der Waals surface area contributed by atoms with Gasteiger partial charge in [-0.05, 0) is 13.0 Å². The molecule has 4 N–H and O–H groups in total. The first-order chi connectivity index (χ1) is 10.2. The Morgan fingerprint density at radius 3 is 2.90 bits per heavy atom. The standard InChI is InChI=1S/C14H18N4O2S/c1-3-16-14-18-12(15)11(21-14)13(19)17-10-7-5-4-6-9(10)8-20-2/h4-7H,3,8,15H2,1-2H3,(H,16,18)(H,17,19). The molecule has 1 heterocycles. The number of carbonyl (C=O) groups is 1. The summed E-state index contributed by atoms with van der Waals surface area (Å²) in [6.45, 7) is 3.11. The second-order valence-electron chi connectivity index (χ2n) is 4.31. The van der Waals surface area contributed by atoms with Crippen molar-refractivity contribution >= 4 is 33.9 Å². The van der Waals surface area contributed by atoms with Gasteiger partial charge in [-0.2, -0.15) is 0 Å². The Hall–Kier alpha value is -2.12. The van der Waals surface area contributed by atoms with Gasteiger partial charge in [0.15, 0.2) is 5.13 Å². The fourth-order valence-corrected chi connectivity index (χ4v) is 2.67. The Morgan fingerprint density at radius 2 is 2.19 bits per heavy atom. The van der Waals surface area contributed by atoms with Gasteiger partial charge in [-0.25, -0.2) is 4.98 Å². The van der Waals surface area contributed by atoms with E-state index in [4.69, 9.17) is 10.5 Å². The van der Waals surface area contributed by atoms with Gasteiger partial charge < -0.3 is 21.1 Å². The Morgan fingerprint density at radius 1 is 1.43 bits per heavy atom. The molecule has 0 radical (unpaired) electrons. The molecule has 112 valence electrons. The topological polar surface area (TPSA) is 89.3 Å². The minimum absolute atomic E-state index is 0.234. The number of nitrogens with one attached hydrogen (secondary N) is 2. The number of carbonyl (C=O) groups excluding carboxylic acids is 1. The molecule has 0 unspecified atom stereocenters. The van der Waals surface area contributed by atoms with Crippen LogP contribution >= 0.6 is 11.3 Å². The lowest BCUT2D eigenvalue weighted by atomic mass is 10.2.